The summed E-state index contributed by atoms with van der Waals surface area (Å²) in [5, 5.41) is 10.7. The second-order valence-corrected chi connectivity index (χ2v) is 9.55. The van der Waals surface area contributed by atoms with Crippen molar-refractivity contribution in [2.24, 2.45) is 11.3 Å². The summed E-state index contributed by atoms with van der Waals surface area (Å²) < 4.78 is 12.1. The molecule has 0 radical (unpaired) electrons. The summed E-state index contributed by atoms with van der Waals surface area (Å²) >= 11 is 0. The van der Waals surface area contributed by atoms with Crippen LogP contribution in [0, 0.1) is 11.3 Å². The maximum Gasteiger partial charge on any atom is 0.316 e. The number of aliphatic hydroxyl groups excluding tert-OH is 1. The molecule has 2 aliphatic heterocycles. The fourth-order valence-corrected chi connectivity index (χ4v) is 5.56. The summed E-state index contributed by atoms with van der Waals surface area (Å²) in [4.78, 5) is 14.9. The number of ether oxygens (including phenoxy) is 2. The van der Waals surface area contributed by atoms with Gasteiger partial charge in [-0.1, -0.05) is 18.2 Å². The van der Waals surface area contributed by atoms with Crippen molar-refractivity contribution in [3.63, 3.8) is 0 Å². The lowest BCUT2D eigenvalue weighted by atomic mass is 9.53. The first-order valence-electron chi connectivity index (χ1n) is 9.85. The van der Waals surface area contributed by atoms with Gasteiger partial charge in [-0.05, 0) is 58.8 Å². The Balaban J connectivity index is 1.67. The van der Waals surface area contributed by atoms with Crippen LogP contribution in [0.5, 0.6) is 11.5 Å². The number of carbonyl (C=O) groups excluding carboxylic acids is 1. The molecule has 1 spiro atoms. The van der Waals surface area contributed by atoms with E-state index in [2.05, 4.69) is 24.1 Å². The molecule has 0 amide bonds. The minimum atomic E-state index is -0.644. The first-order valence-corrected chi connectivity index (χ1v) is 9.85. The predicted octanol–water partition coefficient (Wildman–Crippen LogP) is 2.44. The van der Waals surface area contributed by atoms with Crippen LogP contribution >= 0.6 is 0 Å². The summed E-state index contributed by atoms with van der Waals surface area (Å²) in [6.45, 7) is 6.51. The van der Waals surface area contributed by atoms with Gasteiger partial charge in [0.2, 0.25) is 0 Å². The van der Waals surface area contributed by atoms with Crippen LogP contribution in [0.2, 0.25) is 0 Å². The highest BCUT2D eigenvalue weighted by atomic mass is 16.6. The Morgan fingerprint density at radius 1 is 1.33 bits per heavy atom. The van der Waals surface area contributed by atoms with E-state index < -0.39 is 11.5 Å². The normalized spacial score (nSPS) is 36.2. The van der Waals surface area contributed by atoms with E-state index in [9.17, 15) is 9.90 Å². The largest absolute Gasteiger partial charge is 0.482 e. The van der Waals surface area contributed by atoms with E-state index in [4.69, 9.17) is 9.47 Å². The zero-order valence-corrected chi connectivity index (χ0v) is 16.4. The number of benzene rings is 1. The van der Waals surface area contributed by atoms with Crippen LogP contribution in [0.15, 0.2) is 24.3 Å². The molecule has 1 saturated heterocycles. The predicted molar refractivity (Wildman–Crippen MR) is 101 cm³/mol. The molecule has 1 aromatic rings. The molecule has 2 aliphatic carbocycles. The van der Waals surface area contributed by atoms with Gasteiger partial charge in [-0.2, -0.15) is 0 Å². The van der Waals surface area contributed by atoms with Gasteiger partial charge in [0.1, 0.15) is 12.2 Å². The molecule has 144 valence electrons. The molecular weight excluding hydrogens is 342 g/mol. The molecule has 2 heterocycles. The van der Waals surface area contributed by atoms with E-state index in [-0.39, 0.29) is 17.5 Å². The number of nitrogens with zero attached hydrogens (tertiary/aromatic N) is 1. The fourth-order valence-electron chi connectivity index (χ4n) is 5.56. The number of esters is 1. The Morgan fingerprint density at radius 3 is 2.85 bits per heavy atom. The van der Waals surface area contributed by atoms with Crippen molar-refractivity contribution in [1.29, 1.82) is 0 Å². The zero-order valence-electron chi connectivity index (χ0n) is 16.4. The highest BCUT2D eigenvalue weighted by Gasteiger charge is 2.64. The van der Waals surface area contributed by atoms with Crippen molar-refractivity contribution in [1.82, 2.24) is 4.90 Å². The van der Waals surface area contributed by atoms with E-state index in [1.54, 1.807) is 0 Å². The molecule has 1 fully saturated rings. The lowest BCUT2D eigenvalue weighted by Gasteiger charge is -2.56. The molecule has 27 heavy (non-hydrogen) atoms. The molecule has 4 aliphatic rings. The van der Waals surface area contributed by atoms with E-state index in [0.717, 1.165) is 19.4 Å². The van der Waals surface area contributed by atoms with Gasteiger partial charge >= 0.3 is 5.97 Å². The minimum Gasteiger partial charge on any atom is -0.482 e. The average molecular weight is 369 g/mol. The summed E-state index contributed by atoms with van der Waals surface area (Å²) in [6, 6.07) is 4.36. The number of piperidine rings is 1. The maximum atomic E-state index is 12.5. The monoisotopic (exact) mass is 369 g/mol. The number of likely N-dealkylation sites (N-methyl/N-ethyl adjacent to an activating group) is 1. The molecule has 5 heteroatoms. The summed E-state index contributed by atoms with van der Waals surface area (Å²) in [7, 11) is 2.19. The second kappa shape index (κ2) is 5.36. The highest BCUT2D eigenvalue weighted by molar-refractivity contribution is 5.79. The third kappa shape index (κ3) is 2.15. The third-order valence-corrected chi connectivity index (χ3v) is 6.95. The first kappa shape index (κ1) is 17.3. The van der Waals surface area contributed by atoms with Gasteiger partial charge in [0.25, 0.3) is 0 Å². The first-order chi connectivity index (χ1) is 12.7. The molecule has 2 bridgehead atoms. The van der Waals surface area contributed by atoms with Gasteiger partial charge in [-0.15, -0.1) is 0 Å². The van der Waals surface area contributed by atoms with Gasteiger partial charge in [-0.3, -0.25) is 4.79 Å². The second-order valence-electron chi connectivity index (χ2n) is 9.55. The number of likely N-dealkylation sites (tertiary alicyclic amines) is 1. The topological polar surface area (TPSA) is 59.0 Å². The van der Waals surface area contributed by atoms with Crippen LogP contribution in [0.3, 0.4) is 0 Å². The van der Waals surface area contributed by atoms with Crippen molar-refractivity contribution >= 4 is 5.97 Å². The van der Waals surface area contributed by atoms with Gasteiger partial charge in [-0.25, -0.2) is 0 Å². The Morgan fingerprint density at radius 2 is 2.11 bits per heavy atom. The molecule has 1 N–H and O–H groups in total. The zero-order chi connectivity index (χ0) is 19.1. The molecule has 1 aromatic carbocycles. The van der Waals surface area contributed by atoms with Crippen LogP contribution in [0.25, 0.3) is 0 Å². The SMILES string of the molecule is CN1CC[C@]23c4c5ccc(OC(=O)C(C)(C)C)c4O[C@H]2[C@@H](O)C=CC3C1C5. The van der Waals surface area contributed by atoms with Crippen LogP contribution < -0.4 is 9.47 Å². The smallest absolute Gasteiger partial charge is 0.316 e. The third-order valence-electron chi connectivity index (χ3n) is 6.95. The molecule has 5 atom stereocenters. The number of hydrogen-bond donors (Lipinski definition) is 1. The standard InChI is InChI=1S/C22H27NO4/c1-21(2,3)20(25)26-16-8-5-12-11-14-13-6-7-15(24)19-22(13,9-10-23(14)4)17(12)18(16)27-19/h5-8,13-15,19,24H,9-11H2,1-4H3/t13?,14?,15-,19-,22-/m0/s1. The number of hydrogen-bond acceptors (Lipinski definition) is 5. The van der Waals surface area contributed by atoms with Crippen molar-refractivity contribution in [2.45, 2.75) is 57.3 Å². The van der Waals surface area contributed by atoms with Crippen molar-refractivity contribution in [3.8, 4) is 11.5 Å². The summed E-state index contributed by atoms with van der Waals surface area (Å²) in [5.74, 6) is 1.19. The Kier molecular flexibility index (Phi) is 3.43. The van der Waals surface area contributed by atoms with E-state index in [1.807, 2.05) is 32.9 Å². The van der Waals surface area contributed by atoms with E-state index >= 15 is 0 Å². The highest BCUT2D eigenvalue weighted by Crippen LogP contribution is 2.62. The molecular formula is C22H27NO4. The van der Waals surface area contributed by atoms with Gasteiger partial charge in [0, 0.05) is 22.9 Å². The molecule has 0 saturated carbocycles. The molecule has 5 nitrogen and oxygen atoms in total. The lowest BCUT2D eigenvalue weighted by Crippen LogP contribution is -2.64. The van der Waals surface area contributed by atoms with Crippen LogP contribution in [0.4, 0.5) is 0 Å². The number of aliphatic hydroxyl groups is 1. The lowest BCUT2D eigenvalue weighted by molar-refractivity contribution is -0.143. The molecule has 2 unspecified atom stereocenters. The quantitative estimate of drug-likeness (QED) is 0.468. The van der Waals surface area contributed by atoms with E-state index in [0.29, 0.717) is 23.5 Å². The number of carbonyl (C=O) groups is 1. The summed E-state index contributed by atoms with van der Waals surface area (Å²) in [6.07, 6.45) is 5.01. The van der Waals surface area contributed by atoms with Crippen molar-refractivity contribution < 1.29 is 19.4 Å². The average Bonchev–Trinajstić information content (AvgIpc) is 2.96. The summed E-state index contributed by atoms with van der Waals surface area (Å²) in [5.41, 5.74) is 1.62. The Labute approximate surface area is 160 Å². The van der Waals surface area contributed by atoms with Crippen LogP contribution in [0.1, 0.15) is 38.3 Å². The molecule has 5 rings (SSSR count). The van der Waals surface area contributed by atoms with Crippen LogP contribution in [-0.2, 0) is 16.6 Å². The Hall–Kier alpha value is -1.85. The van der Waals surface area contributed by atoms with Gasteiger partial charge < -0.3 is 19.5 Å². The number of rotatable bonds is 1. The Bertz CT molecular complexity index is 855. The molecule has 0 aromatic heterocycles. The fraction of sp³-hybridized carbons (Fsp3) is 0.591. The maximum absolute atomic E-state index is 12.5. The van der Waals surface area contributed by atoms with Gasteiger partial charge in [0.05, 0.1) is 5.41 Å². The van der Waals surface area contributed by atoms with Crippen LogP contribution in [-0.4, -0.2) is 47.8 Å². The van der Waals surface area contributed by atoms with Crippen molar-refractivity contribution in [2.75, 3.05) is 13.6 Å². The van der Waals surface area contributed by atoms with Crippen molar-refractivity contribution in [3.05, 3.63) is 35.4 Å². The van der Waals surface area contributed by atoms with E-state index in [1.165, 1.54) is 11.1 Å². The minimum absolute atomic E-state index is 0.224. The van der Waals surface area contributed by atoms with Gasteiger partial charge in [0.15, 0.2) is 11.5 Å².